The van der Waals surface area contributed by atoms with Gasteiger partial charge in [-0.3, -0.25) is 0 Å². The van der Waals surface area contributed by atoms with Crippen molar-refractivity contribution in [1.82, 2.24) is 4.72 Å². The third-order valence-electron chi connectivity index (χ3n) is 3.08. The minimum atomic E-state index is -3.55. The van der Waals surface area contributed by atoms with Gasteiger partial charge in [-0.1, -0.05) is 40.2 Å². The summed E-state index contributed by atoms with van der Waals surface area (Å²) in [6, 6.07) is 12.1. The first-order chi connectivity index (χ1) is 9.92. The zero-order chi connectivity index (χ0) is 15.5. The van der Waals surface area contributed by atoms with E-state index in [0.717, 1.165) is 21.2 Å². The molecule has 2 aromatic rings. The summed E-state index contributed by atoms with van der Waals surface area (Å²) >= 11 is 3.35. The van der Waals surface area contributed by atoms with Gasteiger partial charge in [0.2, 0.25) is 10.0 Å². The highest BCUT2D eigenvalue weighted by atomic mass is 79.9. The zero-order valence-corrected chi connectivity index (χ0v) is 13.9. The molecule has 0 aliphatic heterocycles. The minimum absolute atomic E-state index is 0.0630. The van der Waals surface area contributed by atoms with Crippen LogP contribution in [0.25, 0.3) is 0 Å². The Labute approximate surface area is 133 Å². The zero-order valence-electron chi connectivity index (χ0n) is 11.5. The lowest BCUT2D eigenvalue weighted by Crippen LogP contribution is -2.23. The molecule has 2 N–H and O–H groups in total. The predicted molar refractivity (Wildman–Crippen MR) is 85.3 cm³/mol. The van der Waals surface area contributed by atoms with E-state index in [1.165, 1.54) is 0 Å². The normalized spacial score (nSPS) is 11.6. The molecule has 0 bridgehead atoms. The Kier molecular flexibility index (Phi) is 5.16. The van der Waals surface area contributed by atoms with Crippen LogP contribution in [0.2, 0.25) is 0 Å². The fourth-order valence-corrected chi connectivity index (χ4v) is 3.23. The van der Waals surface area contributed by atoms with E-state index >= 15 is 0 Å². The average molecular weight is 370 g/mol. The Morgan fingerprint density at radius 2 is 1.86 bits per heavy atom. The van der Waals surface area contributed by atoms with Crippen LogP contribution in [0, 0.1) is 6.92 Å². The second kappa shape index (κ2) is 6.70. The second-order valence-electron chi connectivity index (χ2n) is 4.71. The van der Waals surface area contributed by atoms with Crippen LogP contribution in [0.5, 0.6) is 0 Å². The Morgan fingerprint density at radius 3 is 2.52 bits per heavy atom. The molecule has 0 aliphatic rings. The van der Waals surface area contributed by atoms with E-state index < -0.39 is 10.0 Å². The van der Waals surface area contributed by atoms with Crippen LogP contribution in [0.1, 0.15) is 16.7 Å². The van der Waals surface area contributed by atoms with Gasteiger partial charge < -0.3 is 5.11 Å². The van der Waals surface area contributed by atoms with E-state index in [1.807, 2.05) is 13.0 Å². The summed E-state index contributed by atoms with van der Waals surface area (Å²) in [6.45, 7) is 1.96. The maximum Gasteiger partial charge on any atom is 0.240 e. The molecule has 0 aromatic heterocycles. The van der Waals surface area contributed by atoms with Crippen LogP contribution >= 0.6 is 15.9 Å². The molecule has 112 valence electrons. The summed E-state index contributed by atoms with van der Waals surface area (Å²) in [6.07, 6.45) is 0. The molecule has 6 heteroatoms. The van der Waals surface area contributed by atoms with Crippen LogP contribution in [0.15, 0.2) is 51.8 Å². The highest BCUT2D eigenvalue weighted by Crippen LogP contribution is 2.20. The molecule has 0 spiro atoms. The fraction of sp³-hybridized carbons (Fsp3) is 0.200. The van der Waals surface area contributed by atoms with E-state index in [0.29, 0.717) is 0 Å². The molecule has 0 heterocycles. The molecular weight excluding hydrogens is 354 g/mol. The SMILES string of the molecule is Cc1cc(S(=O)(=O)NCc2cccc(CO)c2)ccc1Br. The van der Waals surface area contributed by atoms with Gasteiger partial charge in [-0.25, -0.2) is 13.1 Å². The van der Waals surface area contributed by atoms with Crippen molar-refractivity contribution in [1.29, 1.82) is 0 Å². The highest BCUT2D eigenvalue weighted by molar-refractivity contribution is 9.10. The summed E-state index contributed by atoms with van der Waals surface area (Å²) in [5.74, 6) is 0. The monoisotopic (exact) mass is 369 g/mol. The lowest BCUT2D eigenvalue weighted by atomic mass is 10.1. The molecule has 0 fully saturated rings. The van der Waals surface area contributed by atoms with Crippen LogP contribution in [0.4, 0.5) is 0 Å². The van der Waals surface area contributed by atoms with Crippen molar-refractivity contribution >= 4 is 26.0 Å². The van der Waals surface area contributed by atoms with Crippen LogP contribution in [0.3, 0.4) is 0 Å². The van der Waals surface area contributed by atoms with Gasteiger partial charge in [-0.15, -0.1) is 0 Å². The first kappa shape index (κ1) is 16.2. The maximum absolute atomic E-state index is 12.2. The molecule has 0 amide bonds. The number of nitrogens with one attached hydrogen (secondary N) is 1. The number of hydrogen-bond donors (Lipinski definition) is 2. The predicted octanol–water partition coefficient (Wildman–Crippen LogP) is 2.73. The van der Waals surface area contributed by atoms with Crippen molar-refractivity contribution in [2.75, 3.05) is 0 Å². The second-order valence-corrected chi connectivity index (χ2v) is 7.33. The van der Waals surface area contributed by atoms with Gasteiger partial charge in [-0.2, -0.15) is 0 Å². The molecular formula is C15H16BrNO3S. The molecule has 0 saturated carbocycles. The fourth-order valence-electron chi connectivity index (χ4n) is 1.88. The average Bonchev–Trinajstić information content (AvgIpc) is 2.48. The van der Waals surface area contributed by atoms with E-state index in [2.05, 4.69) is 20.7 Å². The van der Waals surface area contributed by atoms with Crippen molar-refractivity contribution in [3.05, 3.63) is 63.6 Å². The van der Waals surface area contributed by atoms with Crippen LogP contribution < -0.4 is 4.72 Å². The van der Waals surface area contributed by atoms with E-state index in [-0.39, 0.29) is 18.0 Å². The van der Waals surface area contributed by atoms with Gasteiger partial charge in [0.1, 0.15) is 0 Å². The van der Waals surface area contributed by atoms with E-state index in [4.69, 9.17) is 5.11 Å². The first-order valence-electron chi connectivity index (χ1n) is 6.37. The molecule has 21 heavy (non-hydrogen) atoms. The number of aryl methyl sites for hydroxylation is 1. The van der Waals surface area contributed by atoms with Crippen molar-refractivity contribution in [3.8, 4) is 0 Å². The smallest absolute Gasteiger partial charge is 0.240 e. The lowest BCUT2D eigenvalue weighted by molar-refractivity contribution is 0.281. The van der Waals surface area contributed by atoms with Crippen molar-refractivity contribution in [3.63, 3.8) is 0 Å². The Morgan fingerprint density at radius 1 is 1.14 bits per heavy atom. The third-order valence-corrected chi connectivity index (χ3v) is 5.37. The number of rotatable bonds is 5. The van der Waals surface area contributed by atoms with Gasteiger partial charge >= 0.3 is 0 Å². The number of aliphatic hydroxyl groups excluding tert-OH is 1. The van der Waals surface area contributed by atoms with Gasteiger partial charge in [0.25, 0.3) is 0 Å². The topological polar surface area (TPSA) is 66.4 Å². The van der Waals surface area contributed by atoms with Crippen molar-refractivity contribution in [2.45, 2.75) is 25.0 Å². The summed E-state index contributed by atoms with van der Waals surface area (Å²) in [7, 11) is -3.55. The largest absolute Gasteiger partial charge is 0.392 e. The van der Waals surface area contributed by atoms with Gasteiger partial charge in [0.15, 0.2) is 0 Å². The van der Waals surface area contributed by atoms with E-state index in [9.17, 15) is 8.42 Å². The maximum atomic E-state index is 12.2. The molecule has 2 aromatic carbocycles. The molecule has 0 saturated heterocycles. The first-order valence-corrected chi connectivity index (χ1v) is 8.64. The lowest BCUT2D eigenvalue weighted by Gasteiger charge is -2.09. The number of hydrogen-bond acceptors (Lipinski definition) is 3. The van der Waals surface area contributed by atoms with Gasteiger partial charge in [0, 0.05) is 11.0 Å². The standard InChI is InChI=1S/C15H16BrNO3S/c1-11-7-14(5-6-15(11)16)21(19,20)17-9-12-3-2-4-13(8-12)10-18/h2-8,17-18H,9-10H2,1H3. The van der Waals surface area contributed by atoms with Crippen LogP contribution in [-0.2, 0) is 23.2 Å². The Bertz CT molecular complexity index is 744. The summed E-state index contributed by atoms with van der Waals surface area (Å²) in [5, 5.41) is 9.08. The number of sulfonamides is 1. The quantitative estimate of drug-likeness (QED) is 0.851. The number of aliphatic hydroxyl groups is 1. The molecule has 0 aliphatic carbocycles. The molecule has 4 nitrogen and oxygen atoms in total. The Hall–Kier alpha value is -1.21. The van der Waals surface area contributed by atoms with Crippen LogP contribution in [-0.4, -0.2) is 13.5 Å². The molecule has 0 unspecified atom stereocenters. The Balaban J connectivity index is 2.15. The third kappa shape index (κ3) is 4.14. The minimum Gasteiger partial charge on any atom is -0.392 e. The number of halogens is 1. The van der Waals surface area contributed by atoms with Crippen molar-refractivity contribution in [2.24, 2.45) is 0 Å². The molecule has 0 atom stereocenters. The van der Waals surface area contributed by atoms with Gasteiger partial charge in [-0.05, 0) is 41.8 Å². The van der Waals surface area contributed by atoms with E-state index in [1.54, 1.807) is 36.4 Å². The molecule has 2 rings (SSSR count). The summed E-state index contributed by atoms with van der Waals surface area (Å²) in [4.78, 5) is 0.238. The highest BCUT2D eigenvalue weighted by Gasteiger charge is 2.14. The summed E-state index contributed by atoms with van der Waals surface area (Å²) < 4.78 is 27.9. The van der Waals surface area contributed by atoms with Gasteiger partial charge in [0.05, 0.1) is 11.5 Å². The summed E-state index contributed by atoms with van der Waals surface area (Å²) in [5.41, 5.74) is 2.42. The van der Waals surface area contributed by atoms with Crippen molar-refractivity contribution < 1.29 is 13.5 Å². The number of benzene rings is 2. The molecule has 0 radical (unpaired) electrons.